The highest BCUT2D eigenvalue weighted by Crippen LogP contribution is 2.27. The molecule has 0 saturated carbocycles. The van der Waals surface area contributed by atoms with Crippen molar-refractivity contribution in [3.63, 3.8) is 0 Å². The molecular formula is C16H13N5O4S. The van der Waals surface area contributed by atoms with Crippen LogP contribution < -0.4 is 10.9 Å². The lowest BCUT2D eigenvalue weighted by Crippen LogP contribution is -2.37. The summed E-state index contributed by atoms with van der Waals surface area (Å²) in [6.07, 6.45) is 1.51. The minimum atomic E-state index is -0.608. The Balaban J connectivity index is 1.81. The van der Waals surface area contributed by atoms with Crippen LogP contribution in [0.2, 0.25) is 0 Å². The standard InChI is InChI=1S/C16H13N5O4S/c1-9-6-18-16-20(15(9)23)7-11(8-26-16)14(22)19-13-3-2-12(21(24)25)4-10(13)5-17/h2-4,6,11H,7-8H2,1H3,(H,19,22). The molecule has 26 heavy (non-hydrogen) atoms. The third-order valence-electron chi connectivity index (χ3n) is 3.96. The Bertz CT molecular complexity index is 1010. The average molecular weight is 371 g/mol. The molecule has 0 fully saturated rings. The SMILES string of the molecule is Cc1cnc2n(c1=O)CC(C(=O)Nc1ccc([N+](=O)[O-])cc1C#N)CS2. The average Bonchev–Trinajstić information content (AvgIpc) is 2.64. The highest BCUT2D eigenvalue weighted by atomic mass is 32.2. The number of benzene rings is 1. The zero-order chi connectivity index (χ0) is 18.8. The number of aryl methyl sites for hydroxylation is 1. The molecule has 0 radical (unpaired) electrons. The first-order chi connectivity index (χ1) is 12.4. The van der Waals surface area contributed by atoms with Gasteiger partial charge in [-0.1, -0.05) is 11.8 Å². The summed E-state index contributed by atoms with van der Waals surface area (Å²) in [4.78, 5) is 39.2. The number of nitrogens with zero attached hydrogens (tertiary/aromatic N) is 4. The number of carbonyl (C=O) groups is 1. The molecule has 0 bridgehead atoms. The number of nitriles is 1. The Morgan fingerprint density at radius 2 is 2.31 bits per heavy atom. The highest BCUT2D eigenvalue weighted by Gasteiger charge is 2.27. The summed E-state index contributed by atoms with van der Waals surface area (Å²) in [7, 11) is 0. The molecule has 1 atom stereocenters. The summed E-state index contributed by atoms with van der Waals surface area (Å²) >= 11 is 1.31. The van der Waals surface area contributed by atoms with Crippen molar-refractivity contribution >= 4 is 29.0 Å². The van der Waals surface area contributed by atoms with Gasteiger partial charge in [0.1, 0.15) is 6.07 Å². The molecule has 0 saturated heterocycles. The van der Waals surface area contributed by atoms with Gasteiger partial charge in [0.2, 0.25) is 5.91 Å². The Hall–Kier alpha value is -3.19. The topological polar surface area (TPSA) is 131 Å². The Kier molecular flexibility index (Phi) is 4.73. The van der Waals surface area contributed by atoms with Crippen LogP contribution in [0, 0.1) is 34.3 Å². The van der Waals surface area contributed by atoms with E-state index < -0.39 is 10.8 Å². The van der Waals surface area contributed by atoms with E-state index in [0.29, 0.717) is 16.5 Å². The van der Waals surface area contributed by atoms with Crippen LogP contribution in [0.3, 0.4) is 0 Å². The zero-order valence-electron chi connectivity index (χ0n) is 13.6. The number of amides is 1. The van der Waals surface area contributed by atoms with Crippen LogP contribution in [0.1, 0.15) is 11.1 Å². The molecule has 1 aromatic heterocycles. The van der Waals surface area contributed by atoms with Gasteiger partial charge in [-0.25, -0.2) is 4.98 Å². The van der Waals surface area contributed by atoms with Gasteiger partial charge < -0.3 is 5.32 Å². The third kappa shape index (κ3) is 3.29. The molecule has 1 N–H and O–H groups in total. The lowest BCUT2D eigenvalue weighted by Gasteiger charge is -2.24. The summed E-state index contributed by atoms with van der Waals surface area (Å²) in [6, 6.07) is 5.50. The maximum Gasteiger partial charge on any atom is 0.270 e. The van der Waals surface area contributed by atoms with Crippen molar-refractivity contribution in [3.8, 4) is 6.07 Å². The molecule has 1 aliphatic heterocycles. The fraction of sp³-hybridized carbons (Fsp3) is 0.250. The van der Waals surface area contributed by atoms with E-state index in [2.05, 4.69) is 10.3 Å². The van der Waals surface area contributed by atoms with Gasteiger partial charge in [0.05, 0.1) is 22.1 Å². The number of hydrogen-bond acceptors (Lipinski definition) is 7. The monoisotopic (exact) mass is 371 g/mol. The summed E-state index contributed by atoms with van der Waals surface area (Å²) in [5, 5.41) is 23.2. The van der Waals surface area contributed by atoms with Gasteiger partial charge >= 0.3 is 0 Å². The van der Waals surface area contributed by atoms with Crippen molar-refractivity contribution in [2.24, 2.45) is 5.92 Å². The first-order valence-corrected chi connectivity index (χ1v) is 8.58. The van der Waals surface area contributed by atoms with Crippen LogP contribution in [-0.4, -0.2) is 26.1 Å². The second-order valence-corrected chi connectivity index (χ2v) is 6.72. The largest absolute Gasteiger partial charge is 0.325 e. The quantitative estimate of drug-likeness (QED) is 0.493. The van der Waals surface area contributed by atoms with Gasteiger partial charge in [-0.15, -0.1) is 0 Å². The number of nitro benzene ring substituents is 1. The number of non-ortho nitro benzene ring substituents is 1. The van der Waals surface area contributed by atoms with Crippen LogP contribution in [-0.2, 0) is 11.3 Å². The second kappa shape index (κ2) is 6.97. The van der Waals surface area contributed by atoms with Gasteiger partial charge in [-0.3, -0.25) is 24.3 Å². The van der Waals surface area contributed by atoms with Crippen molar-refractivity contribution in [3.05, 3.63) is 56.0 Å². The van der Waals surface area contributed by atoms with Crippen molar-refractivity contribution < 1.29 is 9.72 Å². The number of aromatic nitrogens is 2. The molecule has 0 spiro atoms. The predicted molar refractivity (Wildman–Crippen MR) is 93.9 cm³/mol. The fourth-order valence-electron chi connectivity index (χ4n) is 2.54. The smallest absolute Gasteiger partial charge is 0.270 e. The highest BCUT2D eigenvalue weighted by molar-refractivity contribution is 7.99. The number of anilines is 1. The third-order valence-corrected chi connectivity index (χ3v) is 5.11. The number of fused-ring (bicyclic) bond motifs is 1. The molecule has 132 valence electrons. The lowest BCUT2D eigenvalue weighted by atomic mass is 10.1. The summed E-state index contributed by atoms with van der Waals surface area (Å²) in [5.74, 6) is -0.409. The van der Waals surface area contributed by atoms with E-state index >= 15 is 0 Å². The molecule has 1 aromatic carbocycles. The number of hydrogen-bond donors (Lipinski definition) is 1. The molecule has 3 rings (SSSR count). The molecule has 1 aliphatic rings. The zero-order valence-corrected chi connectivity index (χ0v) is 14.4. The first-order valence-electron chi connectivity index (χ1n) is 7.59. The predicted octanol–water partition coefficient (Wildman–Crippen LogP) is 1.69. The van der Waals surface area contributed by atoms with Crippen LogP contribution in [0.15, 0.2) is 34.3 Å². The van der Waals surface area contributed by atoms with Gasteiger partial charge in [0.25, 0.3) is 11.2 Å². The molecule has 9 nitrogen and oxygen atoms in total. The number of carbonyl (C=O) groups excluding carboxylic acids is 1. The Morgan fingerprint density at radius 3 is 3.00 bits per heavy atom. The van der Waals surface area contributed by atoms with Gasteiger partial charge in [-0.05, 0) is 13.0 Å². The van der Waals surface area contributed by atoms with E-state index in [1.54, 1.807) is 6.92 Å². The summed E-state index contributed by atoms with van der Waals surface area (Å²) < 4.78 is 1.47. The number of rotatable bonds is 3. The minimum absolute atomic E-state index is 0.00564. The van der Waals surface area contributed by atoms with Gasteiger partial charge in [0, 0.05) is 36.2 Å². The van der Waals surface area contributed by atoms with E-state index in [1.807, 2.05) is 6.07 Å². The van der Waals surface area contributed by atoms with E-state index in [1.165, 1.54) is 34.7 Å². The van der Waals surface area contributed by atoms with Crippen molar-refractivity contribution in [2.45, 2.75) is 18.6 Å². The molecule has 1 unspecified atom stereocenters. The van der Waals surface area contributed by atoms with Crippen LogP contribution in [0.5, 0.6) is 0 Å². The van der Waals surface area contributed by atoms with Gasteiger partial charge in [-0.2, -0.15) is 5.26 Å². The molecule has 1 amide bonds. The fourth-order valence-corrected chi connectivity index (χ4v) is 3.59. The van der Waals surface area contributed by atoms with Crippen LogP contribution >= 0.6 is 11.8 Å². The van der Waals surface area contributed by atoms with Crippen LogP contribution in [0.25, 0.3) is 0 Å². The van der Waals surface area contributed by atoms with Crippen LogP contribution in [0.4, 0.5) is 11.4 Å². The molecule has 0 aliphatic carbocycles. The molecular weight excluding hydrogens is 358 g/mol. The Morgan fingerprint density at radius 1 is 1.54 bits per heavy atom. The lowest BCUT2D eigenvalue weighted by molar-refractivity contribution is -0.384. The number of thioether (sulfide) groups is 1. The van der Waals surface area contributed by atoms with Crippen molar-refractivity contribution in [1.29, 1.82) is 5.26 Å². The van der Waals surface area contributed by atoms with E-state index in [-0.39, 0.29) is 34.9 Å². The normalized spacial score (nSPS) is 15.6. The first kappa shape index (κ1) is 17.6. The summed E-state index contributed by atoms with van der Waals surface area (Å²) in [6.45, 7) is 1.85. The van der Waals surface area contributed by atoms with Gasteiger partial charge in [0.15, 0.2) is 5.16 Å². The Labute approximate surface area is 151 Å². The summed E-state index contributed by atoms with van der Waals surface area (Å²) in [5.41, 5.74) is 0.292. The second-order valence-electron chi connectivity index (χ2n) is 5.74. The van der Waals surface area contributed by atoms with E-state index in [0.717, 1.165) is 6.07 Å². The molecule has 2 aromatic rings. The van der Waals surface area contributed by atoms with Crippen molar-refractivity contribution in [2.75, 3.05) is 11.1 Å². The maximum absolute atomic E-state index is 12.6. The van der Waals surface area contributed by atoms with Crippen molar-refractivity contribution in [1.82, 2.24) is 9.55 Å². The minimum Gasteiger partial charge on any atom is -0.325 e. The number of nitrogens with one attached hydrogen (secondary N) is 1. The van der Waals surface area contributed by atoms with E-state index in [9.17, 15) is 19.7 Å². The van der Waals surface area contributed by atoms with E-state index in [4.69, 9.17) is 5.26 Å². The molecule has 10 heteroatoms. The molecule has 2 heterocycles. The maximum atomic E-state index is 12.6. The number of nitro groups is 1.